The molecule has 18 heavy (non-hydrogen) atoms. The smallest absolute Gasteiger partial charge is 0.0738 e. The molecule has 1 aromatic carbocycles. The van der Waals surface area contributed by atoms with Crippen LogP contribution in [0.2, 0.25) is 0 Å². The summed E-state index contributed by atoms with van der Waals surface area (Å²) < 4.78 is 5.55. The number of nitrogens with one attached hydrogen (secondary N) is 1. The van der Waals surface area contributed by atoms with Crippen molar-refractivity contribution in [1.82, 2.24) is 10.3 Å². The van der Waals surface area contributed by atoms with Crippen LogP contribution in [0.4, 0.5) is 0 Å². The van der Waals surface area contributed by atoms with E-state index in [1.165, 1.54) is 10.8 Å². The van der Waals surface area contributed by atoms with E-state index in [4.69, 9.17) is 4.74 Å². The molecule has 0 amide bonds. The average Bonchev–Trinajstić information content (AvgIpc) is 2.43. The average molecular weight is 244 g/mol. The van der Waals surface area contributed by atoms with E-state index in [1.807, 2.05) is 19.2 Å². The molecule has 0 radical (unpaired) electrons. The normalized spacial score (nSPS) is 12.8. The Hall–Kier alpha value is -1.45. The van der Waals surface area contributed by atoms with Crippen LogP contribution in [-0.4, -0.2) is 24.7 Å². The Bertz CT molecular complexity index is 493. The third-order valence-corrected chi connectivity index (χ3v) is 2.97. The molecule has 1 N–H and O–H groups in total. The molecule has 0 aliphatic rings. The predicted octanol–water partition coefficient (Wildman–Crippen LogP) is 2.92. The van der Waals surface area contributed by atoms with E-state index < -0.39 is 0 Å². The highest BCUT2D eigenvalue weighted by atomic mass is 16.5. The van der Waals surface area contributed by atoms with Gasteiger partial charge in [0.2, 0.25) is 0 Å². The van der Waals surface area contributed by atoms with Crippen molar-refractivity contribution in [2.75, 3.05) is 19.8 Å². The van der Waals surface area contributed by atoms with Gasteiger partial charge in [0.15, 0.2) is 0 Å². The number of rotatable bonds is 6. The molecule has 0 aliphatic heterocycles. The van der Waals surface area contributed by atoms with Crippen molar-refractivity contribution in [3.8, 4) is 0 Å². The lowest BCUT2D eigenvalue weighted by atomic mass is 10.1. The number of hydrogen-bond acceptors (Lipinski definition) is 3. The van der Waals surface area contributed by atoms with Gasteiger partial charge in [-0.25, -0.2) is 0 Å². The van der Waals surface area contributed by atoms with Gasteiger partial charge in [-0.05, 0) is 24.9 Å². The number of fused-ring (bicyclic) bond motifs is 1. The van der Waals surface area contributed by atoms with Crippen molar-refractivity contribution in [1.29, 1.82) is 0 Å². The van der Waals surface area contributed by atoms with Crippen molar-refractivity contribution in [2.24, 2.45) is 0 Å². The van der Waals surface area contributed by atoms with E-state index >= 15 is 0 Å². The van der Waals surface area contributed by atoms with Crippen molar-refractivity contribution in [3.63, 3.8) is 0 Å². The summed E-state index contributed by atoms with van der Waals surface area (Å²) in [5.74, 6) is 0. The number of aromatic nitrogens is 1. The topological polar surface area (TPSA) is 34.1 Å². The minimum absolute atomic E-state index is 0.154. The molecule has 0 bridgehead atoms. The van der Waals surface area contributed by atoms with E-state index in [2.05, 4.69) is 41.5 Å². The molecule has 96 valence electrons. The van der Waals surface area contributed by atoms with Gasteiger partial charge < -0.3 is 10.1 Å². The van der Waals surface area contributed by atoms with Gasteiger partial charge in [0.25, 0.3) is 0 Å². The van der Waals surface area contributed by atoms with Crippen molar-refractivity contribution >= 4 is 10.8 Å². The number of benzene rings is 1. The van der Waals surface area contributed by atoms with E-state index in [9.17, 15) is 0 Å². The van der Waals surface area contributed by atoms with Gasteiger partial charge in [-0.15, -0.1) is 0 Å². The number of pyridine rings is 1. The lowest BCUT2D eigenvalue weighted by molar-refractivity contribution is 0.123. The minimum Gasteiger partial charge on any atom is -0.380 e. The predicted molar refractivity (Wildman–Crippen MR) is 74.7 cm³/mol. The first-order chi connectivity index (χ1) is 8.86. The Morgan fingerprint density at radius 2 is 2.06 bits per heavy atom. The second kappa shape index (κ2) is 6.47. The lowest BCUT2D eigenvalue weighted by Crippen LogP contribution is -2.26. The summed E-state index contributed by atoms with van der Waals surface area (Å²) in [5.41, 5.74) is 1.07. The molecule has 0 saturated heterocycles. The number of hydrogen-bond donors (Lipinski definition) is 1. The third kappa shape index (κ3) is 2.86. The second-order valence-corrected chi connectivity index (χ2v) is 4.19. The third-order valence-electron chi connectivity index (χ3n) is 2.97. The zero-order chi connectivity index (χ0) is 12.8. The zero-order valence-electron chi connectivity index (χ0n) is 11.0. The van der Waals surface area contributed by atoms with E-state index in [1.54, 1.807) is 0 Å². The van der Waals surface area contributed by atoms with Crippen LogP contribution in [0.25, 0.3) is 10.8 Å². The summed E-state index contributed by atoms with van der Waals surface area (Å²) in [7, 11) is 0. The Balaban J connectivity index is 2.36. The molecule has 0 saturated carbocycles. The van der Waals surface area contributed by atoms with Crippen LogP contribution < -0.4 is 5.32 Å². The van der Waals surface area contributed by atoms with Crippen LogP contribution in [0, 0.1) is 0 Å². The standard InChI is InChI=1S/C15H20N2O/c1-3-16-14(11-18-4-2)15-13-8-6-5-7-12(13)9-10-17-15/h5-10,14,16H,3-4,11H2,1-2H3. The lowest BCUT2D eigenvalue weighted by Gasteiger charge is -2.18. The molecule has 2 rings (SSSR count). The van der Waals surface area contributed by atoms with Gasteiger partial charge in [0.1, 0.15) is 0 Å². The van der Waals surface area contributed by atoms with Gasteiger partial charge in [-0.1, -0.05) is 31.2 Å². The quantitative estimate of drug-likeness (QED) is 0.848. The molecule has 3 heteroatoms. The first-order valence-corrected chi connectivity index (χ1v) is 6.51. The first-order valence-electron chi connectivity index (χ1n) is 6.51. The second-order valence-electron chi connectivity index (χ2n) is 4.19. The molecule has 3 nitrogen and oxygen atoms in total. The molecular weight excluding hydrogens is 224 g/mol. The summed E-state index contributed by atoms with van der Waals surface area (Å²) in [6.45, 7) is 6.41. The molecular formula is C15H20N2O. The van der Waals surface area contributed by atoms with E-state index in [-0.39, 0.29) is 6.04 Å². The minimum atomic E-state index is 0.154. The zero-order valence-corrected chi connectivity index (χ0v) is 11.0. The van der Waals surface area contributed by atoms with Crippen LogP contribution >= 0.6 is 0 Å². The number of likely N-dealkylation sites (N-methyl/N-ethyl adjacent to an activating group) is 1. The van der Waals surface area contributed by atoms with Gasteiger partial charge >= 0.3 is 0 Å². The maximum atomic E-state index is 5.55. The molecule has 2 aromatic rings. The van der Waals surface area contributed by atoms with Crippen LogP contribution in [0.1, 0.15) is 25.6 Å². The monoisotopic (exact) mass is 244 g/mol. The highest BCUT2D eigenvalue weighted by molar-refractivity contribution is 5.84. The van der Waals surface area contributed by atoms with Crippen molar-refractivity contribution < 1.29 is 4.74 Å². The number of nitrogens with zero attached hydrogens (tertiary/aromatic N) is 1. The maximum Gasteiger partial charge on any atom is 0.0738 e. The van der Waals surface area contributed by atoms with Gasteiger partial charge in [0, 0.05) is 18.2 Å². The molecule has 1 aromatic heterocycles. The largest absolute Gasteiger partial charge is 0.380 e. The molecule has 1 atom stereocenters. The van der Waals surface area contributed by atoms with E-state index in [0.717, 1.165) is 18.8 Å². The summed E-state index contributed by atoms with van der Waals surface area (Å²) in [6, 6.07) is 10.5. The van der Waals surface area contributed by atoms with Crippen molar-refractivity contribution in [3.05, 3.63) is 42.2 Å². The molecule has 0 fully saturated rings. The molecule has 0 aliphatic carbocycles. The fourth-order valence-electron chi connectivity index (χ4n) is 2.14. The SMILES string of the molecule is CCNC(COCC)c1nccc2ccccc12. The van der Waals surface area contributed by atoms with Gasteiger partial charge in [0.05, 0.1) is 18.3 Å². The Labute approximate surface area is 108 Å². The maximum absolute atomic E-state index is 5.55. The van der Waals surface area contributed by atoms with Crippen LogP contribution in [0.3, 0.4) is 0 Å². The molecule has 0 spiro atoms. The first kappa shape index (κ1) is 13.0. The fraction of sp³-hybridized carbons (Fsp3) is 0.400. The molecule has 1 unspecified atom stereocenters. The Morgan fingerprint density at radius 1 is 1.22 bits per heavy atom. The highest BCUT2D eigenvalue weighted by Crippen LogP contribution is 2.22. The Kier molecular flexibility index (Phi) is 4.67. The van der Waals surface area contributed by atoms with Crippen LogP contribution in [-0.2, 0) is 4.74 Å². The molecule has 1 heterocycles. The van der Waals surface area contributed by atoms with Crippen LogP contribution in [0.15, 0.2) is 36.5 Å². The Morgan fingerprint density at radius 3 is 2.83 bits per heavy atom. The van der Waals surface area contributed by atoms with Gasteiger partial charge in [-0.2, -0.15) is 0 Å². The highest BCUT2D eigenvalue weighted by Gasteiger charge is 2.14. The summed E-state index contributed by atoms with van der Waals surface area (Å²) in [6.07, 6.45) is 1.87. The van der Waals surface area contributed by atoms with Crippen LogP contribution in [0.5, 0.6) is 0 Å². The van der Waals surface area contributed by atoms with Gasteiger partial charge in [-0.3, -0.25) is 4.98 Å². The number of ether oxygens (including phenoxy) is 1. The van der Waals surface area contributed by atoms with E-state index in [0.29, 0.717) is 6.61 Å². The van der Waals surface area contributed by atoms with Crippen molar-refractivity contribution in [2.45, 2.75) is 19.9 Å². The fourth-order valence-corrected chi connectivity index (χ4v) is 2.14. The summed E-state index contributed by atoms with van der Waals surface area (Å²) in [5, 5.41) is 5.86. The summed E-state index contributed by atoms with van der Waals surface area (Å²) in [4.78, 5) is 4.54. The summed E-state index contributed by atoms with van der Waals surface area (Å²) >= 11 is 0.